The Bertz CT molecular complexity index is 211. The Kier molecular flexibility index (Phi) is 2.15. The molecule has 1 aromatic heterocycles. The quantitative estimate of drug-likeness (QED) is 0.645. The third-order valence-corrected chi connectivity index (χ3v) is 2.03. The maximum Gasteiger partial charge on any atom is 0.0148 e. The summed E-state index contributed by atoms with van der Waals surface area (Å²) in [6, 6.07) is 0. The largest absolute Gasteiger partial charge is 0.365 e. The van der Waals surface area contributed by atoms with E-state index in [2.05, 4.69) is 32.0 Å². The van der Waals surface area contributed by atoms with Gasteiger partial charge in [-0.05, 0) is 31.4 Å². The maximum atomic E-state index is 3.22. The van der Waals surface area contributed by atoms with Crippen LogP contribution in [-0.2, 0) is 6.42 Å². The molecule has 1 N–H and O–H groups in total. The van der Waals surface area contributed by atoms with Crippen molar-refractivity contribution in [1.29, 1.82) is 0 Å². The van der Waals surface area contributed by atoms with Gasteiger partial charge in [0.15, 0.2) is 0 Å². The summed E-state index contributed by atoms with van der Waals surface area (Å²) in [6.07, 6.45) is 4.56. The molecule has 0 saturated carbocycles. The lowest BCUT2D eigenvalue weighted by Crippen LogP contribution is -1.82. The molecular formula is C9H15N. The molecule has 1 aromatic rings. The Morgan fingerprint density at radius 2 is 2.10 bits per heavy atom. The highest BCUT2D eigenvalue weighted by Gasteiger charge is 2.00. The van der Waals surface area contributed by atoms with Crippen LogP contribution in [0.1, 0.15) is 30.2 Å². The fourth-order valence-electron chi connectivity index (χ4n) is 1.18. The number of aromatic nitrogens is 1. The van der Waals surface area contributed by atoms with E-state index in [1.807, 2.05) is 0 Å². The number of rotatable bonds is 2. The van der Waals surface area contributed by atoms with E-state index in [0.717, 1.165) is 0 Å². The van der Waals surface area contributed by atoms with Crippen molar-refractivity contribution in [1.82, 2.24) is 4.98 Å². The summed E-state index contributed by atoms with van der Waals surface area (Å²) in [5, 5.41) is 0. The fraction of sp³-hybridized carbons (Fsp3) is 0.556. The molecule has 0 aliphatic carbocycles. The van der Waals surface area contributed by atoms with Gasteiger partial charge in [-0.3, -0.25) is 0 Å². The molecule has 1 nitrogen and oxygen atoms in total. The van der Waals surface area contributed by atoms with Crippen LogP contribution in [0.5, 0.6) is 0 Å². The Labute approximate surface area is 62.5 Å². The minimum Gasteiger partial charge on any atom is -0.365 e. The Morgan fingerprint density at radius 1 is 1.40 bits per heavy atom. The van der Waals surface area contributed by atoms with Crippen molar-refractivity contribution in [3.8, 4) is 0 Å². The van der Waals surface area contributed by atoms with Gasteiger partial charge in [-0.2, -0.15) is 0 Å². The van der Waals surface area contributed by atoms with Crippen molar-refractivity contribution < 1.29 is 0 Å². The third-order valence-electron chi connectivity index (χ3n) is 2.03. The van der Waals surface area contributed by atoms with Gasteiger partial charge in [0.05, 0.1) is 0 Å². The Balaban J connectivity index is 2.83. The average molecular weight is 137 g/mol. The molecule has 0 aliphatic rings. The lowest BCUT2D eigenvalue weighted by atomic mass is 10.1. The van der Waals surface area contributed by atoms with Crippen LogP contribution in [-0.4, -0.2) is 4.98 Å². The zero-order valence-electron chi connectivity index (χ0n) is 6.99. The van der Waals surface area contributed by atoms with Gasteiger partial charge in [-0.25, -0.2) is 0 Å². The summed E-state index contributed by atoms with van der Waals surface area (Å²) in [5.74, 6) is 0. The third kappa shape index (κ3) is 1.23. The zero-order valence-corrected chi connectivity index (χ0v) is 6.99. The first kappa shape index (κ1) is 7.39. The normalized spacial score (nSPS) is 10.3. The maximum absolute atomic E-state index is 3.22. The van der Waals surface area contributed by atoms with Crippen molar-refractivity contribution in [2.45, 2.75) is 33.6 Å². The summed E-state index contributed by atoms with van der Waals surface area (Å²) in [4.78, 5) is 3.22. The van der Waals surface area contributed by atoms with E-state index in [4.69, 9.17) is 0 Å². The molecule has 0 unspecified atom stereocenters. The molecule has 0 radical (unpaired) electrons. The van der Waals surface area contributed by atoms with E-state index in [1.54, 1.807) is 0 Å². The van der Waals surface area contributed by atoms with Gasteiger partial charge in [0.1, 0.15) is 0 Å². The van der Waals surface area contributed by atoms with Gasteiger partial charge < -0.3 is 4.98 Å². The average Bonchev–Trinajstić information content (AvgIpc) is 2.20. The SMILES string of the molecule is CCCc1c[nH]c(C)c1C. The Morgan fingerprint density at radius 3 is 2.50 bits per heavy atom. The van der Waals surface area contributed by atoms with Gasteiger partial charge in [0.25, 0.3) is 0 Å². The van der Waals surface area contributed by atoms with Gasteiger partial charge in [0, 0.05) is 11.9 Å². The molecule has 0 spiro atoms. The number of hydrogen-bond donors (Lipinski definition) is 1. The number of aromatic amines is 1. The van der Waals surface area contributed by atoms with Crippen LogP contribution in [0.15, 0.2) is 6.20 Å². The number of H-pyrrole nitrogens is 1. The predicted octanol–water partition coefficient (Wildman–Crippen LogP) is 2.58. The Hall–Kier alpha value is -0.720. The van der Waals surface area contributed by atoms with Crippen LogP contribution in [0.3, 0.4) is 0 Å². The number of aryl methyl sites for hydroxylation is 2. The highest BCUT2D eigenvalue weighted by molar-refractivity contribution is 5.28. The van der Waals surface area contributed by atoms with Crippen molar-refractivity contribution in [3.63, 3.8) is 0 Å². The molecular weight excluding hydrogens is 122 g/mol. The van der Waals surface area contributed by atoms with E-state index in [-0.39, 0.29) is 0 Å². The highest BCUT2D eigenvalue weighted by atomic mass is 14.7. The van der Waals surface area contributed by atoms with Crippen LogP contribution in [0.4, 0.5) is 0 Å². The van der Waals surface area contributed by atoms with Crippen LogP contribution in [0.25, 0.3) is 0 Å². The first-order valence-electron chi connectivity index (χ1n) is 3.89. The van der Waals surface area contributed by atoms with Crippen molar-refractivity contribution in [3.05, 3.63) is 23.0 Å². The van der Waals surface area contributed by atoms with Gasteiger partial charge >= 0.3 is 0 Å². The minimum absolute atomic E-state index is 1.20. The molecule has 0 bridgehead atoms. The van der Waals surface area contributed by atoms with E-state index < -0.39 is 0 Å². The first-order valence-corrected chi connectivity index (χ1v) is 3.89. The monoisotopic (exact) mass is 137 g/mol. The van der Waals surface area contributed by atoms with Crippen LogP contribution >= 0.6 is 0 Å². The summed E-state index contributed by atoms with van der Waals surface area (Å²) >= 11 is 0. The first-order chi connectivity index (χ1) is 4.75. The molecule has 1 heterocycles. The van der Waals surface area contributed by atoms with Crippen molar-refractivity contribution >= 4 is 0 Å². The molecule has 10 heavy (non-hydrogen) atoms. The van der Waals surface area contributed by atoms with E-state index >= 15 is 0 Å². The standard InChI is InChI=1S/C9H15N/c1-4-5-9-6-10-8(3)7(9)2/h6,10H,4-5H2,1-3H3. The van der Waals surface area contributed by atoms with Crippen molar-refractivity contribution in [2.24, 2.45) is 0 Å². The molecule has 0 amide bonds. The number of hydrogen-bond acceptors (Lipinski definition) is 0. The van der Waals surface area contributed by atoms with Crippen molar-refractivity contribution in [2.75, 3.05) is 0 Å². The highest BCUT2D eigenvalue weighted by Crippen LogP contribution is 2.12. The molecule has 0 aliphatic heterocycles. The lowest BCUT2D eigenvalue weighted by Gasteiger charge is -1.94. The second-order valence-electron chi connectivity index (χ2n) is 2.81. The smallest absolute Gasteiger partial charge is 0.0148 e. The van der Waals surface area contributed by atoms with E-state index in [1.165, 1.54) is 29.7 Å². The fourth-order valence-corrected chi connectivity index (χ4v) is 1.18. The summed E-state index contributed by atoms with van der Waals surface area (Å²) in [5.41, 5.74) is 4.21. The van der Waals surface area contributed by atoms with Crippen LogP contribution in [0.2, 0.25) is 0 Å². The molecule has 0 saturated heterocycles. The second-order valence-corrected chi connectivity index (χ2v) is 2.81. The minimum atomic E-state index is 1.20. The topological polar surface area (TPSA) is 15.8 Å². The molecule has 0 fully saturated rings. The predicted molar refractivity (Wildman–Crippen MR) is 44.3 cm³/mol. The summed E-state index contributed by atoms with van der Waals surface area (Å²) < 4.78 is 0. The molecule has 0 atom stereocenters. The zero-order chi connectivity index (χ0) is 7.56. The number of nitrogens with one attached hydrogen (secondary N) is 1. The molecule has 1 heteroatoms. The van der Waals surface area contributed by atoms with Crippen LogP contribution in [0, 0.1) is 13.8 Å². The van der Waals surface area contributed by atoms with Gasteiger partial charge in [-0.15, -0.1) is 0 Å². The molecule has 1 rings (SSSR count). The summed E-state index contributed by atoms with van der Waals surface area (Å²) in [6.45, 7) is 6.51. The summed E-state index contributed by atoms with van der Waals surface area (Å²) in [7, 11) is 0. The van der Waals surface area contributed by atoms with Gasteiger partial charge in [-0.1, -0.05) is 13.3 Å². The molecule has 0 aromatic carbocycles. The second kappa shape index (κ2) is 2.91. The van der Waals surface area contributed by atoms with Gasteiger partial charge in [0.2, 0.25) is 0 Å². The lowest BCUT2D eigenvalue weighted by molar-refractivity contribution is 0.916. The van der Waals surface area contributed by atoms with E-state index in [9.17, 15) is 0 Å². The van der Waals surface area contributed by atoms with Crippen LogP contribution < -0.4 is 0 Å². The van der Waals surface area contributed by atoms with E-state index in [0.29, 0.717) is 0 Å². The molecule has 56 valence electrons.